The lowest BCUT2D eigenvalue weighted by Gasteiger charge is -2.36. The lowest BCUT2D eigenvalue weighted by molar-refractivity contribution is -0.150. The van der Waals surface area contributed by atoms with Gasteiger partial charge in [-0.1, -0.05) is 23.7 Å². The maximum absolute atomic E-state index is 12.7. The van der Waals surface area contributed by atoms with Crippen molar-refractivity contribution in [2.75, 3.05) is 19.7 Å². The first-order valence-corrected chi connectivity index (χ1v) is 9.00. The molecular weight excluding hydrogens is 338 g/mol. The summed E-state index contributed by atoms with van der Waals surface area (Å²) >= 11 is 6.14. The molecule has 2 aromatic rings. The van der Waals surface area contributed by atoms with Gasteiger partial charge in [0.2, 0.25) is 0 Å². The smallest absolute Gasteiger partial charge is 0.328 e. The molecule has 6 heteroatoms. The normalized spacial score (nSPS) is 19.4. The molecule has 1 aromatic carbocycles. The minimum absolute atomic E-state index is 0.214. The minimum atomic E-state index is -0.454. The molecule has 25 heavy (non-hydrogen) atoms. The molecule has 0 bridgehead atoms. The Labute approximate surface area is 153 Å². The number of hydrogen-bond donors (Lipinski definition) is 0. The van der Waals surface area contributed by atoms with E-state index in [0.29, 0.717) is 11.6 Å². The number of rotatable bonds is 5. The molecule has 0 N–H and O–H groups in total. The van der Waals surface area contributed by atoms with Crippen molar-refractivity contribution in [2.24, 2.45) is 0 Å². The first kappa shape index (κ1) is 17.8. The fraction of sp³-hybridized carbons (Fsp3) is 0.421. The summed E-state index contributed by atoms with van der Waals surface area (Å²) in [6, 6.07) is 8.81. The Morgan fingerprint density at radius 3 is 2.88 bits per heavy atom. The van der Waals surface area contributed by atoms with Crippen LogP contribution in [-0.2, 0) is 9.53 Å². The molecule has 1 aliphatic rings. The van der Waals surface area contributed by atoms with Gasteiger partial charge in [-0.15, -0.1) is 0 Å². The van der Waals surface area contributed by atoms with Crippen LogP contribution in [0.5, 0.6) is 0 Å². The van der Waals surface area contributed by atoms with Gasteiger partial charge in [0.05, 0.1) is 6.61 Å². The van der Waals surface area contributed by atoms with Crippen LogP contribution in [0.1, 0.15) is 43.1 Å². The molecular formula is C19H22ClN3O2. The van der Waals surface area contributed by atoms with E-state index in [-0.39, 0.29) is 11.9 Å². The average Bonchev–Trinajstić information content (AvgIpc) is 2.63. The Kier molecular flexibility index (Phi) is 6.00. The van der Waals surface area contributed by atoms with Crippen molar-refractivity contribution in [2.45, 2.75) is 31.7 Å². The highest BCUT2D eigenvalue weighted by Gasteiger charge is 2.34. The second kappa shape index (κ2) is 8.41. The third-order valence-corrected chi connectivity index (χ3v) is 4.68. The molecule has 0 spiro atoms. The number of aromatic nitrogens is 2. The van der Waals surface area contributed by atoms with Crippen LogP contribution in [0, 0.1) is 0 Å². The highest BCUT2D eigenvalue weighted by molar-refractivity contribution is 6.30. The van der Waals surface area contributed by atoms with Gasteiger partial charge in [-0.05, 0) is 50.1 Å². The third kappa shape index (κ3) is 4.35. The molecule has 0 saturated carbocycles. The first-order valence-electron chi connectivity index (χ1n) is 8.62. The number of hydrogen-bond acceptors (Lipinski definition) is 5. The van der Waals surface area contributed by atoms with Gasteiger partial charge in [-0.2, -0.15) is 0 Å². The predicted molar refractivity (Wildman–Crippen MR) is 96.4 cm³/mol. The molecule has 0 amide bonds. The van der Waals surface area contributed by atoms with E-state index in [1.54, 1.807) is 12.4 Å². The van der Waals surface area contributed by atoms with Crippen LogP contribution in [0.15, 0.2) is 42.7 Å². The molecule has 2 atom stereocenters. The van der Waals surface area contributed by atoms with Crippen LogP contribution in [0.2, 0.25) is 5.02 Å². The molecule has 2 heterocycles. The molecule has 0 radical (unpaired) electrons. The van der Waals surface area contributed by atoms with Crippen molar-refractivity contribution in [3.05, 3.63) is 59.1 Å². The van der Waals surface area contributed by atoms with Crippen LogP contribution in [0.4, 0.5) is 0 Å². The van der Waals surface area contributed by atoms with Gasteiger partial charge in [0.25, 0.3) is 0 Å². The van der Waals surface area contributed by atoms with Gasteiger partial charge in [0, 0.05) is 29.9 Å². The molecule has 5 nitrogen and oxygen atoms in total. The zero-order valence-corrected chi connectivity index (χ0v) is 15.0. The van der Waals surface area contributed by atoms with E-state index in [1.807, 2.05) is 37.3 Å². The van der Waals surface area contributed by atoms with Crippen molar-refractivity contribution in [3.8, 4) is 0 Å². The number of halogens is 1. The lowest BCUT2D eigenvalue weighted by atomic mass is 9.94. The van der Waals surface area contributed by atoms with Crippen LogP contribution in [0.3, 0.4) is 0 Å². The third-order valence-electron chi connectivity index (χ3n) is 4.44. The number of carbonyl (C=O) groups excluding carboxylic acids is 1. The van der Waals surface area contributed by atoms with Gasteiger partial charge < -0.3 is 4.74 Å². The van der Waals surface area contributed by atoms with Gasteiger partial charge in [-0.25, -0.2) is 14.8 Å². The lowest BCUT2D eigenvalue weighted by Crippen LogP contribution is -2.41. The largest absolute Gasteiger partial charge is 0.465 e. The number of esters is 1. The van der Waals surface area contributed by atoms with Crippen molar-refractivity contribution < 1.29 is 9.53 Å². The topological polar surface area (TPSA) is 55.3 Å². The SMILES string of the molecule is CCOC(=O)C(c1cccc(Cl)c1)N1CCCC(c2ncccn2)C1. The maximum Gasteiger partial charge on any atom is 0.328 e. The maximum atomic E-state index is 12.7. The number of carbonyl (C=O) groups is 1. The molecule has 1 saturated heterocycles. The summed E-state index contributed by atoms with van der Waals surface area (Å²) in [5, 5.41) is 0.617. The molecule has 3 rings (SSSR count). The standard InChI is InChI=1S/C19H22ClN3O2/c1-2-25-19(24)17(14-6-3-8-16(20)12-14)23-11-4-7-15(13-23)18-21-9-5-10-22-18/h3,5-6,8-10,12,15,17H,2,4,7,11,13H2,1H3. The average molecular weight is 360 g/mol. The Bertz CT molecular complexity index is 711. The second-order valence-electron chi connectivity index (χ2n) is 6.15. The Morgan fingerprint density at radius 1 is 1.36 bits per heavy atom. The summed E-state index contributed by atoms with van der Waals surface area (Å²) < 4.78 is 5.34. The number of piperidine rings is 1. The van der Waals surface area contributed by atoms with E-state index in [2.05, 4.69) is 14.9 Å². The van der Waals surface area contributed by atoms with Crippen molar-refractivity contribution in [1.29, 1.82) is 0 Å². The summed E-state index contributed by atoms with van der Waals surface area (Å²) in [5.74, 6) is 0.811. The van der Waals surface area contributed by atoms with Gasteiger partial charge >= 0.3 is 5.97 Å². The molecule has 1 aromatic heterocycles. The van der Waals surface area contributed by atoms with E-state index >= 15 is 0 Å². The number of likely N-dealkylation sites (tertiary alicyclic amines) is 1. The van der Waals surface area contributed by atoms with Crippen LogP contribution in [-0.4, -0.2) is 40.5 Å². The summed E-state index contributed by atoms with van der Waals surface area (Å²) in [6.07, 6.45) is 5.53. The minimum Gasteiger partial charge on any atom is -0.465 e. The zero-order valence-electron chi connectivity index (χ0n) is 14.3. The Balaban J connectivity index is 1.86. The Morgan fingerprint density at radius 2 is 2.16 bits per heavy atom. The van der Waals surface area contributed by atoms with E-state index < -0.39 is 6.04 Å². The van der Waals surface area contributed by atoms with Gasteiger partial charge in [0.1, 0.15) is 11.9 Å². The Hall–Kier alpha value is -1.98. The highest BCUT2D eigenvalue weighted by Crippen LogP contribution is 2.32. The molecule has 1 fully saturated rings. The zero-order chi connectivity index (χ0) is 17.6. The predicted octanol–water partition coefficient (Wildman–Crippen LogP) is 3.61. The molecule has 1 aliphatic heterocycles. The quantitative estimate of drug-likeness (QED) is 0.763. The molecule has 132 valence electrons. The first-order chi connectivity index (χ1) is 12.2. The van der Waals surface area contributed by atoms with E-state index in [9.17, 15) is 4.79 Å². The van der Waals surface area contributed by atoms with Gasteiger partial charge in [0.15, 0.2) is 0 Å². The molecule has 2 unspecified atom stereocenters. The summed E-state index contributed by atoms with van der Waals surface area (Å²) in [5.41, 5.74) is 0.862. The molecule has 0 aliphatic carbocycles. The summed E-state index contributed by atoms with van der Waals surface area (Å²) in [7, 11) is 0. The highest BCUT2D eigenvalue weighted by atomic mass is 35.5. The van der Waals surface area contributed by atoms with E-state index in [0.717, 1.165) is 37.3 Å². The van der Waals surface area contributed by atoms with Crippen LogP contribution >= 0.6 is 11.6 Å². The van der Waals surface area contributed by atoms with Crippen LogP contribution < -0.4 is 0 Å². The summed E-state index contributed by atoms with van der Waals surface area (Å²) in [6.45, 7) is 3.73. The van der Waals surface area contributed by atoms with Crippen molar-refractivity contribution in [1.82, 2.24) is 14.9 Å². The van der Waals surface area contributed by atoms with Crippen molar-refractivity contribution >= 4 is 17.6 Å². The fourth-order valence-corrected chi connectivity index (χ4v) is 3.57. The monoisotopic (exact) mass is 359 g/mol. The van der Waals surface area contributed by atoms with Crippen LogP contribution in [0.25, 0.3) is 0 Å². The number of nitrogens with zero attached hydrogens (tertiary/aromatic N) is 3. The van der Waals surface area contributed by atoms with E-state index in [1.165, 1.54) is 0 Å². The van der Waals surface area contributed by atoms with Gasteiger partial charge in [-0.3, -0.25) is 4.90 Å². The fourth-order valence-electron chi connectivity index (χ4n) is 3.37. The summed E-state index contributed by atoms with van der Waals surface area (Å²) in [4.78, 5) is 23.6. The van der Waals surface area contributed by atoms with E-state index in [4.69, 9.17) is 16.3 Å². The number of ether oxygens (including phenoxy) is 1. The second-order valence-corrected chi connectivity index (χ2v) is 6.59. The van der Waals surface area contributed by atoms with Crippen molar-refractivity contribution in [3.63, 3.8) is 0 Å². The number of benzene rings is 1.